The van der Waals surface area contributed by atoms with Gasteiger partial charge in [0.25, 0.3) is 0 Å². The predicted octanol–water partition coefficient (Wildman–Crippen LogP) is 2.00. The number of rotatable bonds is 4. The molecule has 1 heterocycles. The van der Waals surface area contributed by atoms with Crippen LogP contribution in [0, 0.1) is 5.41 Å². The number of pyridine rings is 1. The van der Waals surface area contributed by atoms with Crippen LogP contribution in [0.25, 0.3) is 0 Å². The van der Waals surface area contributed by atoms with E-state index in [1.54, 1.807) is 12.4 Å². The average Bonchev–Trinajstić information content (AvgIpc) is 2.06. The lowest BCUT2D eigenvalue weighted by Gasteiger charge is -2.26. The zero-order chi connectivity index (χ0) is 11.5. The molecule has 0 amide bonds. The second-order valence-corrected chi connectivity index (χ2v) is 4.97. The number of aromatic nitrogens is 1. The Morgan fingerprint density at radius 3 is 2.73 bits per heavy atom. The first kappa shape index (κ1) is 12.0. The summed E-state index contributed by atoms with van der Waals surface area (Å²) in [6.07, 6.45) is 4.83. The van der Waals surface area contributed by atoms with Gasteiger partial charge in [-0.25, -0.2) is 0 Å². The Morgan fingerprint density at radius 1 is 1.53 bits per heavy atom. The van der Waals surface area contributed by atoms with Gasteiger partial charge in [0.05, 0.1) is 6.10 Å². The molecular formula is C12H20N2O. The minimum Gasteiger partial charge on any atom is -0.398 e. The van der Waals surface area contributed by atoms with E-state index in [9.17, 15) is 5.11 Å². The smallest absolute Gasteiger partial charge is 0.0517 e. The van der Waals surface area contributed by atoms with Gasteiger partial charge in [0.15, 0.2) is 0 Å². The van der Waals surface area contributed by atoms with Crippen LogP contribution in [-0.4, -0.2) is 16.2 Å². The van der Waals surface area contributed by atoms with Crippen molar-refractivity contribution in [3.8, 4) is 0 Å². The average molecular weight is 208 g/mol. The molecule has 0 bridgehead atoms. The molecule has 84 valence electrons. The van der Waals surface area contributed by atoms with E-state index in [-0.39, 0.29) is 11.5 Å². The number of hydrogen-bond donors (Lipinski definition) is 2. The van der Waals surface area contributed by atoms with Crippen LogP contribution in [0.15, 0.2) is 18.5 Å². The summed E-state index contributed by atoms with van der Waals surface area (Å²) in [5, 5.41) is 9.39. The van der Waals surface area contributed by atoms with E-state index >= 15 is 0 Å². The van der Waals surface area contributed by atoms with Crippen molar-refractivity contribution in [2.75, 3.05) is 5.73 Å². The number of aliphatic hydroxyl groups excluding tert-OH is 1. The molecule has 0 saturated carbocycles. The van der Waals surface area contributed by atoms with Crippen LogP contribution >= 0.6 is 0 Å². The lowest BCUT2D eigenvalue weighted by atomic mass is 9.81. The Hall–Kier alpha value is -1.09. The number of nitrogen functional groups attached to an aromatic ring is 1. The van der Waals surface area contributed by atoms with Crippen molar-refractivity contribution in [3.05, 3.63) is 24.0 Å². The molecule has 0 aliphatic rings. The van der Waals surface area contributed by atoms with E-state index < -0.39 is 0 Å². The van der Waals surface area contributed by atoms with Crippen molar-refractivity contribution in [3.63, 3.8) is 0 Å². The maximum atomic E-state index is 9.39. The number of aliphatic hydroxyl groups is 1. The molecule has 0 aliphatic heterocycles. The van der Waals surface area contributed by atoms with E-state index in [0.717, 1.165) is 24.1 Å². The zero-order valence-electron chi connectivity index (χ0n) is 9.70. The molecule has 1 aromatic heterocycles. The minimum atomic E-state index is -0.280. The number of nitrogens with zero attached hydrogens (tertiary/aromatic N) is 1. The summed E-state index contributed by atoms with van der Waals surface area (Å²) in [4.78, 5) is 4.07. The highest BCUT2D eigenvalue weighted by Crippen LogP contribution is 2.29. The van der Waals surface area contributed by atoms with Gasteiger partial charge < -0.3 is 10.8 Å². The number of nitrogens with two attached hydrogens (primary N) is 1. The normalized spacial score (nSPS) is 13.9. The van der Waals surface area contributed by atoms with Gasteiger partial charge in [-0.3, -0.25) is 4.98 Å². The first-order valence-electron chi connectivity index (χ1n) is 5.27. The molecule has 3 heteroatoms. The monoisotopic (exact) mass is 208 g/mol. The highest BCUT2D eigenvalue weighted by molar-refractivity contribution is 5.44. The molecule has 1 rings (SSSR count). The largest absolute Gasteiger partial charge is 0.398 e. The fourth-order valence-corrected chi connectivity index (χ4v) is 1.97. The van der Waals surface area contributed by atoms with Crippen LogP contribution in [0.3, 0.4) is 0 Å². The maximum absolute atomic E-state index is 9.39. The van der Waals surface area contributed by atoms with Crippen molar-refractivity contribution in [1.82, 2.24) is 4.98 Å². The summed E-state index contributed by atoms with van der Waals surface area (Å²) >= 11 is 0. The van der Waals surface area contributed by atoms with E-state index in [1.165, 1.54) is 0 Å². The highest BCUT2D eigenvalue weighted by atomic mass is 16.3. The Morgan fingerprint density at radius 2 is 2.20 bits per heavy atom. The Bertz CT molecular complexity index is 321. The van der Waals surface area contributed by atoms with Crippen molar-refractivity contribution < 1.29 is 5.11 Å². The zero-order valence-corrected chi connectivity index (χ0v) is 9.70. The van der Waals surface area contributed by atoms with Crippen molar-refractivity contribution in [2.45, 2.75) is 39.7 Å². The van der Waals surface area contributed by atoms with Crippen LogP contribution in [0.1, 0.15) is 32.8 Å². The first-order chi connectivity index (χ1) is 6.91. The quantitative estimate of drug-likeness (QED) is 0.795. The molecule has 0 aromatic carbocycles. The lowest BCUT2D eigenvalue weighted by molar-refractivity contribution is 0.129. The van der Waals surface area contributed by atoms with Crippen molar-refractivity contribution >= 4 is 5.69 Å². The summed E-state index contributed by atoms with van der Waals surface area (Å²) in [6, 6.07) is 1.81. The topological polar surface area (TPSA) is 59.1 Å². The second kappa shape index (κ2) is 4.62. The third-order valence-corrected chi connectivity index (χ3v) is 2.46. The summed E-state index contributed by atoms with van der Waals surface area (Å²) < 4.78 is 0. The molecule has 1 aromatic rings. The third kappa shape index (κ3) is 3.88. The predicted molar refractivity (Wildman–Crippen MR) is 62.4 cm³/mol. The molecule has 3 nitrogen and oxygen atoms in total. The van der Waals surface area contributed by atoms with Gasteiger partial charge in [-0.15, -0.1) is 0 Å². The summed E-state index contributed by atoms with van der Waals surface area (Å²) in [5.41, 5.74) is 7.74. The molecule has 15 heavy (non-hydrogen) atoms. The molecule has 0 spiro atoms. The Labute approximate surface area is 91.3 Å². The van der Waals surface area contributed by atoms with Crippen LogP contribution in [0.4, 0.5) is 5.69 Å². The van der Waals surface area contributed by atoms with Crippen LogP contribution in [-0.2, 0) is 6.42 Å². The summed E-state index contributed by atoms with van der Waals surface area (Å²) in [5.74, 6) is 0. The molecule has 1 atom stereocenters. The molecule has 0 radical (unpaired) electrons. The van der Waals surface area contributed by atoms with Gasteiger partial charge in [0.1, 0.15) is 0 Å². The van der Waals surface area contributed by atoms with Crippen LogP contribution in [0.5, 0.6) is 0 Å². The van der Waals surface area contributed by atoms with Crippen molar-refractivity contribution in [2.24, 2.45) is 5.41 Å². The fourth-order valence-electron chi connectivity index (χ4n) is 1.97. The van der Waals surface area contributed by atoms with Gasteiger partial charge in [-0.1, -0.05) is 13.8 Å². The van der Waals surface area contributed by atoms with E-state index in [1.807, 2.05) is 13.0 Å². The fraction of sp³-hybridized carbons (Fsp3) is 0.583. The van der Waals surface area contributed by atoms with Gasteiger partial charge in [-0.05, 0) is 36.8 Å². The van der Waals surface area contributed by atoms with Gasteiger partial charge >= 0.3 is 0 Å². The molecule has 0 aliphatic carbocycles. The first-order valence-corrected chi connectivity index (χ1v) is 5.27. The Balaban J connectivity index is 2.73. The standard InChI is InChI=1S/C12H20N2O/c1-9(15)6-12(2,3)7-10-8-14-5-4-11(10)13/h4-5,8-9,15H,6-7H2,1-3H3,(H2,13,14). The Kier molecular flexibility index (Phi) is 3.69. The third-order valence-electron chi connectivity index (χ3n) is 2.46. The SMILES string of the molecule is CC(O)CC(C)(C)Cc1cnccc1N. The van der Waals surface area contributed by atoms with E-state index in [4.69, 9.17) is 5.73 Å². The summed E-state index contributed by atoms with van der Waals surface area (Å²) in [7, 11) is 0. The van der Waals surface area contributed by atoms with Gasteiger partial charge in [0.2, 0.25) is 0 Å². The lowest BCUT2D eigenvalue weighted by Crippen LogP contribution is -2.21. The van der Waals surface area contributed by atoms with Crippen LogP contribution in [0.2, 0.25) is 0 Å². The van der Waals surface area contributed by atoms with Crippen molar-refractivity contribution in [1.29, 1.82) is 0 Å². The summed E-state index contributed by atoms with van der Waals surface area (Å²) in [6.45, 7) is 6.08. The van der Waals surface area contributed by atoms with E-state index in [0.29, 0.717) is 0 Å². The molecule has 3 N–H and O–H groups in total. The molecule has 0 saturated heterocycles. The molecular weight excluding hydrogens is 188 g/mol. The second-order valence-electron chi connectivity index (χ2n) is 4.97. The van der Waals surface area contributed by atoms with Crippen LogP contribution < -0.4 is 5.73 Å². The van der Waals surface area contributed by atoms with Gasteiger partial charge in [-0.2, -0.15) is 0 Å². The molecule has 0 fully saturated rings. The number of hydrogen-bond acceptors (Lipinski definition) is 3. The van der Waals surface area contributed by atoms with E-state index in [2.05, 4.69) is 18.8 Å². The highest BCUT2D eigenvalue weighted by Gasteiger charge is 2.21. The maximum Gasteiger partial charge on any atom is 0.0517 e. The van der Waals surface area contributed by atoms with Gasteiger partial charge in [0, 0.05) is 18.1 Å². The minimum absolute atomic E-state index is 0.0469. The molecule has 1 unspecified atom stereocenters. The number of anilines is 1.